The zero-order chi connectivity index (χ0) is 29.7. The van der Waals surface area contributed by atoms with Crippen molar-refractivity contribution in [2.75, 3.05) is 26.2 Å². The number of alkyl carbamates (subject to hydrolysis) is 1. The van der Waals surface area contributed by atoms with E-state index in [0.717, 1.165) is 28.8 Å². The molecule has 8 nitrogen and oxygen atoms in total. The smallest absolute Gasteiger partial charge is 0.407 e. The Morgan fingerprint density at radius 2 is 1.50 bits per heavy atom. The first kappa shape index (κ1) is 29.3. The molecule has 1 fully saturated rings. The van der Waals surface area contributed by atoms with Gasteiger partial charge in [0.25, 0.3) is 0 Å². The van der Waals surface area contributed by atoms with Gasteiger partial charge in [0.15, 0.2) is 0 Å². The van der Waals surface area contributed by atoms with Gasteiger partial charge in [-0.25, -0.2) is 4.79 Å². The lowest BCUT2D eigenvalue weighted by Crippen LogP contribution is -2.58. The molecule has 0 spiro atoms. The summed E-state index contributed by atoms with van der Waals surface area (Å²) in [7, 11) is 0. The number of piperidine rings is 1. The molecular formula is C34H39N3O5. The summed E-state index contributed by atoms with van der Waals surface area (Å²) in [6.45, 7) is 5.56. The normalized spacial score (nSPS) is 16.0. The number of carboxylic acid groups (broad SMARTS) is 1. The topological polar surface area (TPSA) is 99.2 Å². The summed E-state index contributed by atoms with van der Waals surface area (Å²) in [5.41, 5.74) is 4.94. The average molecular weight is 570 g/mol. The number of carboxylic acids is 1. The van der Waals surface area contributed by atoms with Crippen LogP contribution in [0.1, 0.15) is 55.7 Å². The molecule has 0 aromatic heterocycles. The van der Waals surface area contributed by atoms with Crippen molar-refractivity contribution in [2.24, 2.45) is 0 Å². The Hall–Kier alpha value is -4.17. The molecule has 1 heterocycles. The SMILES string of the molecule is CC(C)N(CC(=O)O)C(=O)CC1(NC(=O)OCC2c3ccccc3-c3ccccc32)CCN(Cc2ccccc2)CC1. The van der Waals surface area contributed by atoms with Crippen LogP contribution < -0.4 is 5.32 Å². The number of hydrogen-bond donors (Lipinski definition) is 2. The van der Waals surface area contributed by atoms with Crippen LogP contribution in [-0.2, 0) is 20.9 Å². The van der Waals surface area contributed by atoms with Crippen LogP contribution in [0.15, 0.2) is 78.9 Å². The summed E-state index contributed by atoms with van der Waals surface area (Å²) in [4.78, 5) is 42.0. The number of fused-ring (bicyclic) bond motifs is 3. The molecule has 5 rings (SSSR count). The number of carbonyl (C=O) groups excluding carboxylic acids is 2. The molecule has 0 saturated carbocycles. The highest BCUT2D eigenvalue weighted by Crippen LogP contribution is 2.44. The van der Waals surface area contributed by atoms with E-state index in [0.29, 0.717) is 25.9 Å². The number of amides is 2. The van der Waals surface area contributed by atoms with Gasteiger partial charge in [0, 0.05) is 31.6 Å². The predicted molar refractivity (Wildman–Crippen MR) is 161 cm³/mol. The minimum atomic E-state index is -1.06. The van der Waals surface area contributed by atoms with Crippen LogP contribution in [0.25, 0.3) is 11.1 Å². The van der Waals surface area contributed by atoms with E-state index in [1.54, 1.807) is 13.8 Å². The molecule has 42 heavy (non-hydrogen) atoms. The maximum Gasteiger partial charge on any atom is 0.407 e. The van der Waals surface area contributed by atoms with Gasteiger partial charge in [-0.05, 0) is 54.5 Å². The number of benzene rings is 3. The maximum atomic E-state index is 13.4. The molecular weight excluding hydrogens is 530 g/mol. The summed E-state index contributed by atoms with van der Waals surface area (Å²) in [6, 6.07) is 26.3. The number of hydrogen-bond acceptors (Lipinski definition) is 5. The molecule has 220 valence electrons. The number of aliphatic carboxylic acids is 1. The van der Waals surface area contributed by atoms with E-state index >= 15 is 0 Å². The summed E-state index contributed by atoms with van der Waals surface area (Å²) >= 11 is 0. The number of rotatable bonds is 10. The van der Waals surface area contributed by atoms with Crippen LogP contribution in [0.2, 0.25) is 0 Å². The fraction of sp³-hybridized carbons (Fsp3) is 0.382. The van der Waals surface area contributed by atoms with Crippen LogP contribution in [-0.4, -0.2) is 70.7 Å². The van der Waals surface area contributed by atoms with Crippen LogP contribution in [0.3, 0.4) is 0 Å². The second kappa shape index (κ2) is 12.8. The minimum absolute atomic E-state index is 0.0157. The van der Waals surface area contributed by atoms with E-state index in [1.165, 1.54) is 10.5 Å². The van der Waals surface area contributed by atoms with Crippen molar-refractivity contribution in [2.45, 2.75) is 57.2 Å². The lowest BCUT2D eigenvalue weighted by atomic mass is 9.83. The first-order valence-corrected chi connectivity index (χ1v) is 14.7. The third kappa shape index (κ3) is 6.65. The van der Waals surface area contributed by atoms with E-state index < -0.39 is 17.6 Å². The molecule has 0 unspecified atom stereocenters. The van der Waals surface area contributed by atoms with Crippen molar-refractivity contribution >= 4 is 18.0 Å². The number of nitrogens with zero attached hydrogens (tertiary/aromatic N) is 2. The summed E-state index contributed by atoms with van der Waals surface area (Å²) in [5.74, 6) is -1.42. The molecule has 1 aliphatic carbocycles. The number of nitrogens with one attached hydrogen (secondary N) is 1. The Bertz CT molecular complexity index is 1370. The van der Waals surface area contributed by atoms with Crippen molar-refractivity contribution in [1.82, 2.24) is 15.1 Å². The van der Waals surface area contributed by atoms with Crippen molar-refractivity contribution in [3.8, 4) is 11.1 Å². The van der Waals surface area contributed by atoms with Crippen LogP contribution >= 0.6 is 0 Å². The lowest BCUT2D eigenvalue weighted by molar-refractivity contribution is -0.146. The minimum Gasteiger partial charge on any atom is -0.480 e. The quantitative estimate of drug-likeness (QED) is 0.345. The van der Waals surface area contributed by atoms with Crippen molar-refractivity contribution in [3.63, 3.8) is 0 Å². The number of carbonyl (C=O) groups is 3. The second-order valence-corrected chi connectivity index (χ2v) is 11.7. The Balaban J connectivity index is 1.29. The van der Waals surface area contributed by atoms with Gasteiger partial charge < -0.3 is 20.1 Å². The molecule has 8 heteroatoms. The number of ether oxygens (including phenoxy) is 1. The summed E-state index contributed by atoms with van der Waals surface area (Å²) < 4.78 is 5.86. The molecule has 2 amide bonds. The lowest BCUT2D eigenvalue weighted by Gasteiger charge is -2.43. The third-order valence-electron chi connectivity index (χ3n) is 8.51. The summed E-state index contributed by atoms with van der Waals surface area (Å²) in [5, 5.41) is 12.5. The van der Waals surface area contributed by atoms with E-state index in [9.17, 15) is 19.5 Å². The highest BCUT2D eigenvalue weighted by Gasteiger charge is 2.40. The van der Waals surface area contributed by atoms with Crippen LogP contribution in [0, 0.1) is 0 Å². The fourth-order valence-corrected chi connectivity index (χ4v) is 6.27. The van der Waals surface area contributed by atoms with Crippen molar-refractivity contribution < 1.29 is 24.2 Å². The van der Waals surface area contributed by atoms with Crippen LogP contribution in [0.4, 0.5) is 4.79 Å². The zero-order valence-corrected chi connectivity index (χ0v) is 24.3. The second-order valence-electron chi connectivity index (χ2n) is 11.7. The Morgan fingerprint density at radius 3 is 2.07 bits per heavy atom. The molecule has 0 atom stereocenters. The van der Waals surface area contributed by atoms with Crippen LogP contribution in [0.5, 0.6) is 0 Å². The molecule has 0 bridgehead atoms. The van der Waals surface area contributed by atoms with Gasteiger partial charge in [-0.1, -0.05) is 78.9 Å². The zero-order valence-electron chi connectivity index (χ0n) is 24.3. The largest absolute Gasteiger partial charge is 0.480 e. The number of likely N-dealkylation sites (tertiary alicyclic amines) is 1. The maximum absolute atomic E-state index is 13.4. The average Bonchev–Trinajstić information content (AvgIpc) is 3.30. The highest BCUT2D eigenvalue weighted by molar-refractivity contribution is 5.83. The van der Waals surface area contributed by atoms with Gasteiger partial charge in [-0.15, -0.1) is 0 Å². The molecule has 0 radical (unpaired) electrons. The van der Waals surface area contributed by atoms with Gasteiger partial charge in [-0.2, -0.15) is 0 Å². The molecule has 1 aliphatic heterocycles. The molecule has 2 N–H and O–H groups in total. The van der Waals surface area contributed by atoms with E-state index in [2.05, 4.69) is 46.6 Å². The van der Waals surface area contributed by atoms with E-state index in [1.807, 2.05) is 42.5 Å². The van der Waals surface area contributed by atoms with Crippen molar-refractivity contribution in [1.29, 1.82) is 0 Å². The first-order valence-electron chi connectivity index (χ1n) is 14.7. The van der Waals surface area contributed by atoms with Crippen molar-refractivity contribution in [3.05, 3.63) is 95.6 Å². The monoisotopic (exact) mass is 569 g/mol. The van der Waals surface area contributed by atoms with E-state index in [-0.39, 0.29) is 37.4 Å². The fourth-order valence-electron chi connectivity index (χ4n) is 6.27. The molecule has 3 aromatic carbocycles. The van der Waals surface area contributed by atoms with Gasteiger partial charge in [-0.3, -0.25) is 14.5 Å². The van der Waals surface area contributed by atoms with E-state index in [4.69, 9.17) is 4.74 Å². The Kier molecular flexibility index (Phi) is 8.92. The molecule has 1 saturated heterocycles. The summed E-state index contributed by atoms with van der Waals surface area (Å²) in [6.07, 6.45) is 0.557. The van der Waals surface area contributed by atoms with Gasteiger partial charge in [0.05, 0.1) is 12.0 Å². The molecule has 2 aliphatic rings. The standard InChI is InChI=1S/C34H39N3O5/c1-24(2)37(22-32(39)40)31(38)20-34(16-18-36(19-17-34)21-25-10-4-3-5-11-25)35-33(41)42-23-30-28-14-8-6-12-26(28)27-13-7-9-15-29(27)30/h3-15,24,30H,16-23H2,1-2H3,(H,35,41)(H,39,40). The first-order chi connectivity index (χ1) is 20.2. The Morgan fingerprint density at radius 1 is 0.929 bits per heavy atom. The third-order valence-corrected chi connectivity index (χ3v) is 8.51. The predicted octanol–water partition coefficient (Wildman–Crippen LogP) is 5.27. The van der Waals surface area contributed by atoms with Gasteiger partial charge in [0.2, 0.25) is 5.91 Å². The highest BCUT2D eigenvalue weighted by atomic mass is 16.5. The Labute approximate surface area is 247 Å². The van der Waals surface area contributed by atoms with Gasteiger partial charge >= 0.3 is 12.1 Å². The van der Waals surface area contributed by atoms with Gasteiger partial charge in [0.1, 0.15) is 13.2 Å². The molecule has 3 aromatic rings.